The quantitative estimate of drug-likeness (QED) is 0.661. The van der Waals surface area contributed by atoms with Crippen molar-refractivity contribution in [1.29, 1.82) is 0 Å². The van der Waals surface area contributed by atoms with E-state index in [9.17, 15) is 19.2 Å². The summed E-state index contributed by atoms with van der Waals surface area (Å²) in [6.07, 6.45) is 3.83. The molecule has 3 aromatic rings. The van der Waals surface area contributed by atoms with Crippen molar-refractivity contribution in [1.82, 2.24) is 9.47 Å². The number of oxazole rings is 1. The molecule has 2 aromatic carbocycles. The molecule has 5 rings (SSSR count). The van der Waals surface area contributed by atoms with Gasteiger partial charge in [0.25, 0.3) is 0 Å². The lowest BCUT2D eigenvalue weighted by Gasteiger charge is -2.26. The normalized spacial score (nSPS) is 18.2. The molecule has 2 aliphatic rings. The van der Waals surface area contributed by atoms with Gasteiger partial charge in [-0.25, -0.2) is 4.79 Å². The second-order valence-corrected chi connectivity index (χ2v) is 8.67. The Morgan fingerprint density at radius 1 is 1.03 bits per heavy atom. The minimum Gasteiger partial charge on any atom is -0.408 e. The highest BCUT2D eigenvalue weighted by Crippen LogP contribution is 2.32. The third-order valence-electron chi connectivity index (χ3n) is 6.55. The average Bonchev–Trinajstić information content (AvgIpc) is 3.14. The number of hydrogen-bond acceptors (Lipinski definition) is 5. The summed E-state index contributed by atoms with van der Waals surface area (Å²) in [4.78, 5) is 52.2. The number of hydrogen-bond donors (Lipinski definition) is 1. The van der Waals surface area contributed by atoms with E-state index in [-0.39, 0.29) is 24.1 Å². The minimum atomic E-state index is -0.599. The number of fused-ring (bicyclic) bond motifs is 2. The summed E-state index contributed by atoms with van der Waals surface area (Å²) in [5.74, 6) is -1.30. The molecule has 0 radical (unpaired) electrons. The fraction of sp³-hybridized carbons (Fsp3) is 0.360. The van der Waals surface area contributed by atoms with E-state index in [1.807, 2.05) is 12.1 Å². The summed E-state index contributed by atoms with van der Waals surface area (Å²) in [6.45, 7) is 1.31. The molecule has 1 saturated heterocycles. The number of piperidine rings is 1. The molecule has 1 N–H and O–H groups in total. The van der Waals surface area contributed by atoms with Gasteiger partial charge in [-0.3, -0.25) is 19.0 Å². The molecule has 1 fully saturated rings. The first-order chi connectivity index (χ1) is 16.0. The number of benzene rings is 2. The zero-order chi connectivity index (χ0) is 22.9. The first-order valence-corrected chi connectivity index (χ1v) is 11.4. The SMILES string of the molecule is O=C1CCC(C(=O)Nc2ccc3oc(=O)n(CC(=O)N4CCCCC4)c3c2)c2ccccc21. The van der Waals surface area contributed by atoms with E-state index in [1.165, 1.54) is 4.57 Å². The van der Waals surface area contributed by atoms with Gasteiger partial charge >= 0.3 is 5.76 Å². The average molecular weight is 447 g/mol. The van der Waals surface area contributed by atoms with Crippen molar-refractivity contribution in [2.24, 2.45) is 0 Å². The number of nitrogens with one attached hydrogen (secondary N) is 1. The second-order valence-electron chi connectivity index (χ2n) is 8.67. The number of likely N-dealkylation sites (tertiary alicyclic amines) is 1. The standard InChI is InChI=1S/C25H25N3O5/c29-21-10-9-19(17-6-2-3-7-18(17)21)24(31)26-16-8-11-22-20(14-16)28(25(32)33-22)15-23(30)27-12-4-1-5-13-27/h2-3,6-8,11,14,19H,1,4-5,9-10,12-13,15H2,(H,26,31). The van der Waals surface area contributed by atoms with Gasteiger partial charge in [0.05, 0.1) is 11.4 Å². The Kier molecular flexibility index (Phi) is 5.58. The Bertz CT molecular complexity index is 1300. The molecular weight excluding hydrogens is 422 g/mol. The Morgan fingerprint density at radius 3 is 2.64 bits per heavy atom. The van der Waals surface area contributed by atoms with Crippen molar-refractivity contribution in [2.45, 2.75) is 44.6 Å². The van der Waals surface area contributed by atoms with Crippen LogP contribution in [0.15, 0.2) is 51.7 Å². The lowest BCUT2D eigenvalue weighted by atomic mass is 9.81. The molecule has 170 valence electrons. The van der Waals surface area contributed by atoms with Gasteiger partial charge in [-0.15, -0.1) is 0 Å². The number of rotatable bonds is 4. The van der Waals surface area contributed by atoms with Gasteiger partial charge in [0, 0.05) is 30.8 Å². The van der Waals surface area contributed by atoms with Crippen molar-refractivity contribution in [3.8, 4) is 0 Å². The summed E-state index contributed by atoms with van der Waals surface area (Å²) in [7, 11) is 0. The molecule has 2 heterocycles. The maximum absolute atomic E-state index is 13.1. The fourth-order valence-corrected chi connectivity index (χ4v) is 4.79. The van der Waals surface area contributed by atoms with Crippen molar-refractivity contribution in [3.05, 3.63) is 64.1 Å². The molecule has 1 atom stereocenters. The topological polar surface area (TPSA) is 102 Å². The molecule has 2 amide bonds. The number of nitrogens with zero attached hydrogens (tertiary/aromatic N) is 2. The van der Waals surface area contributed by atoms with Crippen LogP contribution in [-0.4, -0.2) is 40.2 Å². The Morgan fingerprint density at radius 2 is 1.82 bits per heavy atom. The van der Waals surface area contributed by atoms with Crippen LogP contribution in [0.2, 0.25) is 0 Å². The van der Waals surface area contributed by atoms with E-state index in [4.69, 9.17) is 4.42 Å². The van der Waals surface area contributed by atoms with E-state index in [0.717, 1.165) is 24.8 Å². The van der Waals surface area contributed by atoms with Crippen LogP contribution in [0, 0.1) is 0 Å². The van der Waals surface area contributed by atoms with Crippen molar-refractivity contribution in [3.63, 3.8) is 0 Å². The number of ketones is 1. The summed E-state index contributed by atoms with van der Waals surface area (Å²) in [5, 5.41) is 2.91. The molecule has 1 aliphatic carbocycles. The molecular formula is C25H25N3O5. The zero-order valence-electron chi connectivity index (χ0n) is 18.2. The maximum Gasteiger partial charge on any atom is 0.420 e. The Labute approximate surface area is 190 Å². The van der Waals surface area contributed by atoms with Crippen LogP contribution in [0.1, 0.15) is 53.9 Å². The Hall–Kier alpha value is -3.68. The molecule has 1 aromatic heterocycles. The van der Waals surface area contributed by atoms with Gasteiger partial charge in [0.1, 0.15) is 6.54 Å². The van der Waals surface area contributed by atoms with Crippen molar-refractivity contribution >= 4 is 34.4 Å². The van der Waals surface area contributed by atoms with Crippen LogP contribution in [-0.2, 0) is 16.1 Å². The maximum atomic E-state index is 13.1. The van der Waals surface area contributed by atoms with Crippen molar-refractivity contribution < 1.29 is 18.8 Å². The summed E-state index contributed by atoms with van der Waals surface area (Å²) >= 11 is 0. The monoisotopic (exact) mass is 447 g/mol. The molecule has 0 spiro atoms. The largest absolute Gasteiger partial charge is 0.420 e. The number of carbonyl (C=O) groups excluding carboxylic acids is 3. The highest BCUT2D eigenvalue weighted by Gasteiger charge is 2.30. The van der Waals surface area contributed by atoms with Crippen molar-refractivity contribution in [2.75, 3.05) is 18.4 Å². The van der Waals surface area contributed by atoms with Crippen LogP contribution in [0.4, 0.5) is 5.69 Å². The van der Waals surface area contributed by atoms with Gasteiger partial charge in [-0.1, -0.05) is 24.3 Å². The van der Waals surface area contributed by atoms with Gasteiger partial charge in [-0.05, 0) is 49.4 Å². The molecule has 8 nitrogen and oxygen atoms in total. The molecule has 1 unspecified atom stereocenters. The first-order valence-electron chi connectivity index (χ1n) is 11.4. The summed E-state index contributed by atoms with van der Waals surface area (Å²) in [6, 6.07) is 12.1. The third kappa shape index (κ3) is 4.08. The molecule has 1 aliphatic heterocycles. The van der Waals surface area contributed by atoms with E-state index >= 15 is 0 Å². The van der Waals surface area contributed by atoms with E-state index in [0.29, 0.717) is 48.3 Å². The number of aromatic nitrogens is 1. The van der Waals surface area contributed by atoms with Crippen LogP contribution >= 0.6 is 0 Å². The smallest absolute Gasteiger partial charge is 0.408 e. The van der Waals surface area contributed by atoms with Gasteiger partial charge in [0.2, 0.25) is 11.8 Å². The Balaban J connectivity index is 1.38. The molecule has 8 heteroatoms. The fourth-order valence-electron chi connectivity index (χ4n) is 4.79. The predicted octanol–water partition coefficient (Wildman–Crippen LogP) is 3.31. The lowest BCUT2D eigenvalue weighted by Crippen LogP contribution is -2.39. The number of Topliss-reactive ketones (excluding diaryl/α,β-unsaturated/α-hetero) is 1. The highest BCUT2D eigenvalue weighted by molar-refractivity contribution is 6.04. The van der Waals surface area contributed by atoms with Gasteiger partial charge in [-0.2, -0.15) is 0 Å². The first kappa shape index (κ1) is 21.2. The van der Waals surface area contributed by atoms with Crippen LogP contribution < -0.4 is 11.1 Å². The molecule has 33 heavy (non-hydrogen) atoms. The van der Waals surface area contributed by atoms with Crippen LogP contribution in [0.3, 0.4) is 0 Å². The highest BCUT2D eigenvalue weighted by atomic mass is 16.4. The molecule has 0 saturated carbocycles. The number of amides is 2. The van der Waals surface area contributed by atoms with Gasteiger partial charge < -0.3 is 14.6 Å². The zero-order valence-corrected chi connectivity index (χ0v) is 18.2. The predicted molar refractivity (Wildman–Crippen MR) is 122 cm³/mol. The summed E-state index contributed by atoms with van der Waals surface area (Å²) in [5.41, 5.74) is 2.65. The minimum absolute atomic E-state index is 0.0526. The van der Waals surface area contributed by atoms with Crippen LogP contribution in [0.25, 0.3) is 11.1 Å². The van der Waals surface area contributed by atoms with Crippen LogP contribution in [0.5, 0.6) is 0 Å². The number of carbonyl (C=O) groups is 3. The third-order valence-corrected chi connectivity index (χ3v) is 6.55. The summed E-state index contributed by atoms with van der Waals surface area (Å²) < 4.78 is 6.62. The molecule has 0 bridgehead atoms. The number of anilines is 1. The second kappa shape index (κ2) is 8.69. The van der Waals surface area contributed by atoms with E-state index < -0.39 is 11.7 Å². The van der Waals surface area contributed by atoms with Gasteiger partial charge in [0.15, 0.2) is 11.4 Å². The lowest BCUT2D eigenvalue weighted by molar-refractivity contribution is -0.132. The van der Waals surface area contributed by atoms with E-state index in [2.05, 4.69) is 5.32 Å². The van der Waals surface area contributed by atoms with E-state index in [1.54, 1.807) is 35.2 Å².